The fraction of sp³-hybridized carbons (Fsp3) is 0.600. The van der Waals surface area contributed by atoms with Gasteiger partial charge in [0.05, 0.1) is 6.04 Å². The number of amides is 1. The Morgan fingerprint density at radius 1 is 1.42 bits per heavy atom. The SMILES string of the molecule is CCN(CC)c1ccc([C@H]2CCCN2C(C)=O)cn1. The molecule has 1 atom stereocenters. The van der Waals surface area contributed by atoms with Crippen LogP contribution < -0.4 is 4.90 Å². The van der Waals surface area contributed by atoms with E-state index in [-0.39, 0.29) is 11.9 Å². The molecule has 1 aliphatic rings. The molecule has 4 nitrogen and oxygen atoms in total. The van der Waals surface area contributed by atoms with Crippen molar-refractivity contribution in [1.29, 1.82) is 0 Å². The molecule has 19 heavy (non-hydrogen) atoms. The fourth-order valence-electron chi connectivity index (χ4n) is 2.82. The van der Waals surface area contributed by atoms with Gasteiger partial charge in [-0.05, 0) is 38.3 Å². The number of hydrogen-bond donors (Lipinski definition) is 0. The second-order valence-electron chi connectivity index (χ2n) is 4.99. The van der Waals surface area contributed by atoms with Gasteiger partial charge in [-0.15, -0.1) is 0 Å². The molecule has 1 saturated heterocycles. The summed E-state index contributed by atoms with van der Waals surface area (Å²) in [5, 5.41) is 0. The molecule has 0 bridgehead atoms. The number of nitrogens with zero attached hydrogens (tertiary/aromatic N) is 3. The molecule has 1 fully saturated rings. The second-order valence-corrected chi connectivity index (χ2v) is 4.99. The van der Waals surface area contributed by atoms with Crippen LogP contribution in [-0.2, 0) is 4.79 Å². The first kappa shape index (κ1) is 13.8. The smallest absolute Gasteiger partial charge is 0.219 e. The van der Waals surface area contributed by atoms with Crippen molar-refractivity contribution in [1.82, 2.24) is 9.88 Å². The van der Waals surface area contributed by atoms with Crippen molar-refractivity contribution in [3.05, 3.63) is 23.9 Å². The average molecular weight is 261 g/mol. The number of likely N-dealkylation sites (tertiary alicyclic amines) is 1. The Labute approximate surface area is 115 Å². The molecule has 104 valence electrons. The molecule has 0 spiro atoms. The molecule has 0 N–H and O–H groups in total. The minimum Gasteiger partial charge on any atom is -0.357 e. The summed E-state index contributed by atoms with van der Waals surface area (Å²) in [7, 11) is 0. The van der Waals surface area contributed by atoms with Gasteiger partial charge in [0.1, 0.15) is 5.82 Å². The summed E-state index contributed by atoms with van der Waals surface area (Å²) >= 11 is 0. The highest BCUT2D eigenvalue weighted by atomic mass is 16.2. The van der Waals surface area contributed by atoms with E-state index in [1.807, 2.05) is 11.1 Å². The largest absolute Gasteiger partial charge is 0.357 e. The second kappa shape index (κ2) is 6.04. The van der Waals surface area contributed by atoms with E-state index in [0.717, 1.165) is 43.9 Å². The number of hydrogen-bond acceptors (Lipinski definition) is 3. The Bertz CT molecular complexity index is 426. The van der Waals surface area contributed by atoms with Crippen LogP contribution in [0.3, 0.4) is 0 Å². The summed E-state index contributed by atoms with van der Waals surface area (Å²) in [6, 6.07) is 4.40. The van der Waals surface area contributed by atoms with Gasteiger partial charge >= 0.3 is 0 Å². The standard InChI is InChI=1S/C15H23N3O/c1-4-17(5-2)15-9-8-13(11-16-15)14-7-6-10-18(14)12(3)19/h8-9,11,14H,4-7,10H2,1-3H3/t14-/m1/s1. The van der Waals surface area contributed by atoms with Crippen molar-refractivity contribution < 1.29 is 4.79 Å². The minimum atomic E-state index is 0.162. The average Bonchev–Trinajstić information content (AvgIpc) is 2.90. The Balaban J connectivity index is 2.16. The zero-order valence-corrected chi connectivity index (χ0v) is 12.1. The van der Waals surface area contributed by atoms with E-state index in [4.69, 9.17) is 0 Å². The van der Waals surface area contributed by atoms with Gasteiger partial charge < -0.3 is 9.80 Å². The Hall–Kier alpha value is -1.58. The predicted octanol–water partition coefficient (Wildman–Crippen LogP) is 2.61. The molecule has 0 radical (unpaired) electrons. The van der Waals surface area contributed by atoms with Crippen LogP contribution in [0.2, 0.25) is 0 Å². The monoisotopic (exact) mass is 261 g/mol. The van der Waals surface area contributed by atoms with E-state index < -0.39 is 0 Å². The minimum absolute atomic E-state index is 0.162. The van der Waals surface area contributed by atoms with Crippen LogP contribution in [0.1, 0.15) is 45.2 Å². The molecule has 1 aromatic rings. The van der Waals surface area contributed by atoms with Crippen LogP contribution in [-0.4, -0.2) is 35.4 Å². The van der Waals surface area contributed by atoms with Crippen molar-refractivity contribution >= 4 is 11.7 Å². The van der Waals surface area contributed by atoms with E-state index in [1.165, 1.54) is 0 Å². The lowest BCUT2D eigenvalue weighted by atomic mass is 10.1. The van der Waals surface area contributed by atoms with Crippen LogP contribution in [0.5, 0.6) is 0 Å². The zero-order chi connectivity index (χ0) is 13.8. The number of anilines is 1. The maximum atomic E-state index is 11.6. The number of aromatic nitrogens is 1. The summed E-state index contributed by atoms with van der Waals surface area (Å²) in [6.07, 6.45) is 4.06. The molecule has 1 amide bonds. The van der Waals surface area contributed by atoms with Crippen LogP contribution in [0.25, 0.3) is 0 Å². The van der Waals surface area contributed by atoms with E-state index >= 15 is 0 Å². The van der Waals surface area contributed by atoms with Gasteiger partial charge in [0, 0.05) is 32.8 Å². The van der Waals surface area contributed by atoms with Gasteiger partial charge in [0.2, 0.25) is 5.91 Å². The van der Waals surface area contributed by atoms with Gasteiger partial charge in [-0.3, -0.25) is 4.79 Å². The highest BCUT2D eigenvalue weighted by Crippen LogP contribution is 2.31. The first-order valence-corrected chi connectivity index (χ1v) is 7.15. The molecule has 0 saturated carbocycles. The van der Waals surface area contributed by atoms with Crippen LogP contribution in [0, 0.1) is 0 Å². The molecule has 0 unspecified atom stereocenters. The normalized spacial score (nSPS) is 18.7. The molecular formula is C15H23N3O. The van der Waals surface area contributed by atoms with Gasteiger partial charge in [-0.25, -0.2) is 4.98 Å². The van der Waals surface area contributed by atoms with Gasteiger partial charge in [-0.1, -0.05) is 6.07 Å². The summed E-state index contributed by atoms with van der Waals surface area (Å²) < 4.78 is 0. The Morgan fingerprint density at radius 2 is 2.16 bits per heavy atom. The van der Waals surface area contributed by atoms with Gasteiger partial charge in [0.15, 0.2) is 0 Å². The van der Waals surface area contributed by atoms with Crippen LogP contribution in [0.4, 0.5) is 5.82 Å². The number of rotatable bonds is 4. The van der Waals surface area contributed by atoms with E-state index in [9.17, 15) is 4.79 Å². The summed E-state index contributed by atoms with van der Waals surface area (Å²) in [4.78, 5) is 20.3. The van der Waals surface area contributed by atoms with E-state index in [0.29, 0.717) is 0 Å². The van der Waals surface area contributed by atoms with Crippen LogP contribution in [0.15, 0.2) is 18.3 Å². The summed E-state index contributed by atoms with van der Waals surface area (Å²) in [6.45, 7) is 8.71. The van der Waals surface area contributed by atoms with Gasteiger partial charge in [0.25, 0.3) is 0 Å². The summed E-state index contributed by atoms with van der Waals surface area (Å²) in [5.74, 6) is 1.18. The highest BCUT2D eigenvalue weighted by Gasteiger charge is 2.27. The van der Waals surface area contributed by atoms with Crippen molar-refractivity contribution in [3.63, 3.8) is 0 Å². The van der Waals surface area contributed by atoms with Crippen molar-refractivity contribution in [2.75, 3.05) is 24.5 Å². The first-order valence-electron chi connectivity index (χ1n) is 7.15. The molecule has 2 rings (SSSR count). The lowest BCUT2D eigenvalue weighted by Gasteiger charge is -2.24. The fourth-order valence-corrected chi connectivity index (χ4v) is 2.82. The lowest BCUT2D eigenvalue weighted by Crippen LogP contribution is -2.28. The third-order valence-electron chi connectivity index (χ3n) is 3.90. The molecule has 1 aromatic heterocycles. The third kappa shape index (κ3) is 2.88. The Kier molecular flexibility index (Phi) is 4.40. The third-order valence-corrected chi connectivity index (χ3v) is 3.90. The number of carbonyl (C=O) groups is 1. The topological polar surface area (TPSA) is 36.4 Å². The molecule has 0 aliphatic carbocycles. The molecule has 0 aromatic carbocycles. The van der Waals surface area contributed by atoms with E-state index in [2.05, 4.69) is 35.9 Å². The molecule has 1 aliphatic heterocycles. The summed E-state index contributed by atoms with van der Waals surface area (Å²) in [5.41, 5.74) is 1.16. The van der Waals surface area contributed by atoms with Crippen molar-refractivity contribution in [3.8, 4) is 0 Å². The Morgan fingerprint density at radius 3 is 2.68 bits per heavy atom. The zero-order valence-electron chi connectivity index (χ0n) is 12.1. The first-order chi connectivity index (χ1) is 9.17. The van der Waals surface area contributed by atoms with E-state index in [1.54, 1.807) is 6.92 Å². The van der Waals surface area contributed by atoms with Gasteiger partial charge in [-0.2, -0.15) is 0 Å². The van der Waals surface area contributed by atoms with Crippen LogP contribution >= 0.6 is 0 Å². The van der Waals surface area contributed by atoms with Crippen molar-refractivity contribution in [2.45, 2.75) is 39.7 Å². The number of pyridine rings is 1. The molecule has 4 heteroatoms. The highest BCUT2D eigenvalue weighted by molar-refractivity contribution is 5.74. The lowest BCUT2D eigenvalue weighted by molar-refractivity contribution is -0.129. The molecular weight excluding hydrogens is 238 g/mol. The quantitative estimate of drug-likeness (QED) is 0.836. The number of carbonyl (C=O) groups excluding carboxylic acids is 1. The predicted molar refractivity (Wildman–Crippen MR) is 77.2 cm³/mol. The van der Waals surface area contributed by atoms with Crippen molar-refractivity contribution in [2.24, 2.45) is 0 Å². The maximum Gasteiger partial charge on any atom is 0.219 e. The maximum absolute atomic E-state index is 11.6. The molecule has 2 heterocycles.